The maximum absolute atomic E-state index is 12.0. The highest BCUT2D eigenvalue weighted by Gasteiger charge is 2.41. The van der Waals surface area contributed by atoms with Gasteiger partial charge in [0, 0.05) is 38.4 Å². The second kappa shape index (κ2) is 8.90. The minimum absolute atomic E-state index is 0.212. The molecule has 2 aliphatic rings. The average Bonchev–Trinajstić information content (AvgIpc) is 2.95. The third-order valence-corrected chi connectivity index (χ3v) is 6.11. The lowest BCUT2D eigenvalue weighted by molar-refractivity contribution is 0.104. The Morgan fingerprint density at radius 2 is 2.15 bits per heavy atom. The van der Waals surface area contributed by atoms with Gasteiger partial charge >= 0.3 is 6.09 Å². The first-order valence-electron chi connectivity index (χ1n) is 9.77. The van der Waals surface area contributed by atoms with E-state index in [9.17, 15) is 10.1 Å². The van der Waals surface area contributed by atoms with Gasteiger partial charge in [-0.1, -0.05) is 11.6 Å². The third-order valence-electron chi connectivity index (χ3n) is 5.81. The van der Waals surface area contributed by atoms with Gasteiger partial charge in [0.2, 0.25) is 0 Å². The number of aromatic nitrogens is 1. The summed E-state index contributed by atoms with van der Waals surface area (Å²) in [5, 5.41) is 10.5. The van der Waals surface area contributed by atoms with Crippen molar-refractivity contribution in [2.75, 3.05) is 32.8 Å². The molecule has 1 aliphatic carbocycles. The van der Waals surface area contributed by atoms with Gasteiger partial charge in [0.1, 0.15) is 5.41 Å². The van der Waals surface area contributed by atoms with Gasteiger partial charge in [-0.3, -0.25) is 9.88 Å². The molecular weight excluding hydrogens is 364 g/mol. The number of amides is 1. The first kappa shape index (κ1) is 19.9. The number of carbonyl (C=O) groups is 1. The highest BCUT2D eigenvalue weighted by molar-refractivity contribution is 6.31. The Balaban J connectivity index is 1.61. The van der Waals surface area contributed by atoms with Crippen LogP contribution in [-0.4, -0.2) is 59.7 Å². The Hall–Kier alpha value is -1.84. The van der Waals surface area contributed by atoms with Crippen molar-refractivity contribution in [2.45, 2.75) is 50.5 Å². The molecule has 1 saturated carbocycles. The van der Waals surface area contributed by atoms with E-state index < -0.39 is 5.41 Å². The van der Waals surface area contributed by atoms with E-state index in [2.05, 4.69) is 16.0 Å². The van der Waals surface area contributed by atoms with Crippen LogP contribution in [0.15, 0.2) is 18.3 Å². The summed E-state index contributed by atoms with van der Waals surface area (Å²) in [6.07, 6.45) is 5.87. The Bertz CT molecular complexity index is 697. The maximum Gasteiger partial charge on any atom is 0.409 e. The minimum atomic E-state index is -0.586. The summed E-state index contributed by atoms with van der Waals surface area (Å²) >= 11 is 6.33. The average molecular weight is 391 g/mol. The van der Waals surface area contributed by atoms with Crippen LogP contribution in [0.1, 0.15) is 44.7 Å². The zero-order valence-corrected chi connectivity index (χ0v) is 16.6. The van der Waals surface area contributed by atoms with E-state index in [4.69, 9.17) is 16.3 Å². The monoisotopic (exact) mass is 390 g/mol. The number of hydrogen-bond acceptors (Lipinski definition) is 5. The van der Waals surface area contributed by atoms with Crippen molar-refractivity contribution in [1.82, 2.24) is 14.8 Å². The van der Waals surface area contributed by atoms with Crippen LogP contribution in [-0.2, 0) is 10.2 Å². The van der Waals surface area contributed by atoms with E-state index in [1.54, 1.807) is 17.2 Å². The van der Waals surface area contributed by atoms with Crippen LogP contribution in [0.3, 0.4) is 0 Å². The smallest absolute Gasteiger partial charge is 0.409 e. The Kier molecular flexibility index (Phi) is 6.56. The van der Waals surface area contributed by atoms with Crippen molar-refractivity contribution in [3.05, 3.63) is 29.0 Å². The summed E-state index contributed by atoms with van der Waals surface area (Å²) in [5.41, 5.74) is 0.134. The molecule has 1 aromatic heterocycles. The van der Waals surface area contributed by atoms with Crippen LogP contribution in [0.25, 0.3) is 0 Å². The lowest BCUT2D eigenvalue weighted by Crippen LogP contribution is -2.44. The normalized spacial score (nSPS) is 26.9. The van der Waals surface area contributed by atoms with Crippen molar-refractivity contribution in [3.8, 4) is 6.07 Å². The van der Waals surface area contributed by atoms with Crippen molar-refractivity contribution < 1.29 is 9.53 Å². The highest BCUT2D eigenvalue weighted by Crippen LogP contribution is 2.42. The molecule has 0 unspecified atom stereocenters. The number of nitrogens with zero attached hydrogens (tertiary/aromatic N) is 4. The first-order valence-corrected chi connectivity index (χ1v) is 10.2. The van der Waals surface area contributed by atoms with Gasteiger partial charge < -0.3 is 9.64 Å². The zero-order valence-electron chi connectivity index (χ0n) is 15.9. The summed E-state index contributed by atoms with van der Waals surface area (Å²) < 4.78 is 5.13. The molecule has 0 N–H and O–H groups in total. The number of hydrogen-bond donors (Lipinski definition) is 0. The summed E-state index contributed by atoms with van der Waals surface area (Å²) in [5.74, 6) is 0. The lowest BCUT2D eigenvalue weighted by atomic mass is 9.71. The molecule has 1 saturated heterocycles. The van der Waals surface area contributed by atoms with Gasteiger partial charge in [0.05, 0.1) is 23.4 Å². The van der Waals surface area contributed by atoms with Crippen molar-refractivity contribution in [3.63, 3.8) is 0 Å². The summed E-state index contributed by atoms with van der Waals surface area (Å²) in [6, 6.07) is 6.57. The van der Waals surface area contributed by atoms with Gasteiger partial charge in [-0.05, 0) is 51.2 Å². The summed E-state index contributed by atoms with van der Waals surface area (Å²) in [4.78, 5) is 20.7. The molecule has 6 nitrogen and oxygen atoms in total. The van der Waals surface area contributed by atoms with Gasteiger partial charge in [-0.15, -0.1) is 0 Å². The standard InChI is InChI=1S/C20H27ClN4O2/c1-2-27-19(26)25-12-4-11-24(13-14-25)16-6-8-20(15-22,9-7-16)18-17(21)5-3-10-23-18/h3,5,10,16H,2,4,6-9,11-14H2,1H3. The van der Waals surface area contributed by atoms with Gasteiger partial charge in [0.15, 0.2) is 0 Å². The first-order chi connectivity index (χ1) is 13.1. The van der Waals surface area contributed by atoms with E-state index in [0.29, 0.717) is 24.2 Å². The molecule has 7 heteroatoms. The minimum Gasteiger partial charge on any atom is -0.450 e. The van der Waals surface area contributed by atoms with Crippen molar-refractivity contribution >= 4 is 17.7 Å². The molecule has 3 rings (SSSR count). The van der Waals surface area contributed by atoms with Crippen LogP contribution in [0.5, 0.6) is 0 Å². The molecule has 0 aromatic carbocycles. The van der Waals surface area contributed by atoms with Crippen LogP contribution >= 0.6 is 11.6 Å². The molecule has 1 aliphatic heterocycles. The Morgan fingerprint density at radius 1 is 1.37 bits per heavy atom. The van der Waals surface area contributed by atoms with Crippen LogP contribution in [0, 0.1) is 11.3 Å². The van der Waals surface area contributed by atoms with Crippen LogP contribution in [0.4, 0.5) is 4.79 Å². The predicted molar refractivity (Wildman–Crippen MR) is 104 cm³/mol. The molecule has 146 valence electrons. The van der Waals surface area contributed by atoms with Crippen LogP contribution < -0.4 is 0 Å². The maximum atomic E-state index is 12.0. The summed E-state index contributed by atoms with van der Waals surface area (Å²) in [6.45, 7) is 5.52. The fourth-order valence-corrected chi connectivity index (χ4v) is 4.60. The van der Waals surface area contributed by atoms with Gasteiger partial charge in [-0.25, -0.2) is 4.79 Å². The highest BCUT2D eigenvalue weighted by atomic mass is 35.5. The second-order valence-corrected chi connectivity index (χ2v) is 7.74. The fourth-order valence-electron chi connectivity index (χ4n) is 4.30. The van der Waals surface area contributed by atoms with Gasteiger partial charge in [0.25, 0.3) is 0 Å². The number of nitriles is 1. The van der Waals surface area contributed by atoms with E-state index in [1.807, 2.05) is 13.0 Å². The van der Waals surface area contributed by atoms with E-state index in [0.717, 1.165) is 57.4 Å². The fraction of sp³-hybridized carbons (Fsp3) is 0.650. The second-order valence-electron chi connectivity index (χ2n) is 7.33. The topological polar surface area (TPSA) is 69.5 Å². The molecule has 2 heterocycles. The molecule has 1 amide bonds. The van der Waals surface area contributed by atoms with Gasteiger partial charge in [-0.2, -0.15) is 5.26 Å². The van der Waals surface area contributed by atoms with Crippen molar-refractivity contribution in [2.24, 2.45) is 0 Å². The molecule has 27 heavy (non-hydrogen) atoms. The Labute approximate surface area is 166 Å². The molecule has 1 aromatic rings. The largest absolute Gasteiger partial charge is 0.450 e. The Morgan fingerprint density at radius 3 is 2.81 bits per heavy atom. The molecular formula is C20H27ClN4O2. The van der Waals surface area contributed by atoms with E-state index in [-0.39, 0.29) is 6.09 Å². The predicted octanol–water partition coefficient (Wildman–Crippen LogP) is 3.60. The molecule has 0 radical (unpaired) electrons. The molecule has 0 spiro atoms. The SMILES string of the molecule is CCOC(=O)N1CCCN(C2CCC(C#N)(c3ncccc3Cl)CC2)CC1. The van der Waals surface area contributed by atoms with E-state index in [1.165, 1.54) is 0 Å². The number of carbonyl (C=O) groups excluding carboxylic acids is 1. The number of halogens is 1. The van der Waals surface area contributed by atoms with Crippen LogP contribution in [0.2, 0.25) is 5.02 Å². The number of ether oxygens (including phenoxy) is 1. The number of rotatable bonds is 3. The zero-order chi connectivity index (χ0) is 19.3. The molecule has 2 fully saturated rings. The third kappa shape index (κ3) is 4.36. The number of pyridine rings is 1. The van der Waals surface area contributed by atoms with Crippen molar-refractivity contribution in [1.29, 1.82) is 5.26 Å². The van der Waals surface area contributed by atoms with E-state index >= 15 is 0 Å². The lowest BCUT2D eigenvalue weighted by Gasteiger charge is -2.39. The summed E-state index contributed by atoms with van der Waals surface area (Å²) in [7, 11) is 0. The molecule has 0 atom stereocenters. The molecule has 0 bridgehead atoms. The quantitative estimate of drug-likeness (QED) is 0.788.